The predicted octanol–water partition coefficient (Wildman–Crippen LogP) is 0.696. The molecule has 0 radical (unpaired) electrons. The first-order valence-electron chi connectivity index (χ1n) is 4.54. The number of benzene rings is 1. The van der Waals surface area contributed by atoms with E-state index >= 15 is 0 Å². The molecule has 1 rings (SSSR count). The number of hydrogen-bond acceptors (Lipinski definition) is 3. The summed E-state index contributed by atoms with van der Waals surface area (Å²) in [6.07, 6.45) is 4.25. The summed E-state index contributed by atoms with van der Waals surface area (Å²) in [5, 5.41) is 5.08. The standard InChI is InChI=1S/C10H14N2O2S/c11-8-4-3-6-9-5-1-2-7-10(9)15(12,13)14/h1-3,5-7H,4,8,11H2,(H2,12,13,14). The summed E-state index contributed by atoms with van der Waals surface area (Å²) in [7, 11) is -3.65. The Morgan fingerprint density at radius 3 is 2.53 bits per heavy atom. The van der Waals surface area contributed by atoms with Crippen LogP contribution in [-0.2, 0) is 10.0 Å². The van der Waals surface area contributed by atoms with E-state index in [1.165, 1.54) is 6.07 Å². The fraction of sp³-hybridized carbons (Fsp3) is 0.200. The van der Waals surface area contributed by atoms with Crippen molar-refractivity contribution in [2.24, 2.45) is 10.9 Å². The Morgan fingerprint density at radius 2 is 1.93 bits per heavy atom. The maximum atomic E-state index is 11.2. The van der Waals surface area contributed by atoms with Crippen LogP contribution in [0.25, 0.3) is 6.08 Å². The second-order valence-corrected chi connectivity index (χ2v) is 4.59. The van der Waals surface area contributed by atoms with Gasteiger partial charge in [0.1, 0.15) is 0 Å². The van der Waals surface area contributed by atoms with Crippen molar-refractivity contribution in [3.63, 3.8) is 0 Å². The molecule has 0 aliphatic rings. The molecule has 1 aromatic carbocycles. The van der Waals surface area contributed by atoms with Crippen LogP contribution in [0.3, 0.4) is 0 Å². The van der Waals surface area contributed by atoms with Crippen LogP contribution in [0.4, 0.5) is 0 Å². The van der Waals surface area contributed by atoms with Crippen LogP contribution >= 0.6 is 0 Å². The lowest BCUT2D eigenvalue weighted by Crippen LogP contribution is -2.13. The summed E-state index contributed by atoms with van der Waals surface area (Å²) in [4.78, 5) is 0.137. The van der Waals surface area contributed by atoms with E-state index in [9.17, 15) is 8.42 Å². The second-order valence-electron chi connectivity index (χ2n) is 3.06. The first-order valence-corrected chi connectivity index (χ1v) is 6.09. The van der Waals surface area contributed by atoms with E-state index in [2.05, 4.69) is 0 Å². The molecule has 0 amide bonds. The van der Waals surface area contributed by atoms with Crippen molar-refractivity contribution in [3.8, 4) is 0 Å². The van der Waals surface area contributed by atoms with Crippen LogP contribution in [0, 0.1) is 0 Å². The van der Waals surface area contributed by atoms with E-state index in [1.807, 2.05) is 6.08 Å². The maximum absolute atomic E-state index is 11.2. The smallest absolute Gasteiger partial charge is 0.238 e. The Morgan fingerprint density at radius 1 is 1.27 bits per heavy atom. The maximum Gasteiger partial charge on any atom is 0.238 e. The lowest BCUT2D eigenvalue weighted by atomic mass is 10.2. The minimum atomic E-state index is -3.65. The van der Waals surface area contributed by atoms with E-state index in [0.717, 1.165) is 0 Å². The van der Waals surface area contributed by atoms with Gasteiger partial charge < -0.3 is 5.73 Å². The van der Waals surface area contributed by atoms with E-state index in [4.69, 9.17) is 10.9 Å². The molecule has 0 spiro atoms. The van der Waals surface area contributed by atoms with Gasteiger partial charge in [-0.3, -0.25) is 0 Å². The molecular weight excluding hydrogens is 212 g/mol. The van der Waals surface area contributed by atoms with Crippen LogP contribution < -0.4 is 10.9 Å². The van der Waals surface area contributed by atoms with Crippen molar-refractivity contribution in [2.75, 3.05) is 6.54 Å². The minimum absolute atomic E-state index is 0.137. The van der Waals surface area contributed by atoms with Crippen molar-refractivity contribution >= 4 is 16.1 Å². The van der Waals surface area contributed by atoms with Gasteiger partial charge in [0.05, 0.1) is 4.90 Å². The third kappa shape index (κ3) is 3.47. The van der Waals surface area contributed by atoms with Crippen LogP contribution in [0.1, 0.15) is 12.0 Å². The zero-order valence-corrected chi connectivity index (χ0v) is 9.07. The summed E-state index contributed by atoms with van der Waals surface area (Å²) in [5.41, 5.74) is 5.91. The lowest BCUT2D eigenvalue weighted by Gasteiger charge is -2.02. The number of primary sulfonamides is 1. The highest BCUT2D eigenvalue weighted by molar-refractivity contribution is 7.89. The Bertz CT molecular complexity index is 452. The summed E-state index contributed by atoms with van der Waals surface area (Å²) in [5.74, 6) is 0. The highest BCUT2D eigenvalue weighted by atomic mass is 32.2. The van der Waals surface area contributed by atoms with Crippen LogP contribution in [0.15, 0.2) is 35.2 Å². The predicted molar refractivity (Wildman–Crippen MR) is 60.5 cm³/mol. The minimum Gasteiger partial charge on any atom is -0.330 e. The number of nitrogens with two attached hydrogens (primary N) is 2. The lowest BCUT2D eigenvalue weighted by molar-refractivity contribution is 0.597. The van der Waals surface area contributed by atoms with Crippen LogP contribution in [0.2, 0.25) is 0 Å². The number of sulfonamides is 1. The molecule has 0 bridgehead atoms. The Kier molecular flexibility index (Phi) is 4.02. The van der Waals surface area contributed by atoms with Crippen molar-refractivity contribution < 1.29 is 8.42 Å². The van der Waals surface area contributed by atoms with Gasteiger partial charge in [-0.1, -0.05) is 30.4 Å². The number of rotatable bonds is 4. The molecular formula is C10H14N2O2S. The van der Waals surface area contributed by atoms with Crippen molar-refractivity contribution in [3.05, 3.63) is 35.9 Å². The van der Waals surface area contributed by atoms with Gasteiger partial charge in [0.2, 0.25) is 10.0 Å². The van der Waals surface area contributed by atoms with Gasteiger partial charge in [-0.2, -0.15) is 0 Å². The van der Waals surface area contributed by atoms with E-state index < -0.39 is 10.0 Å². The summed E-state index contributed by atoms with van der Waals surface area (Å²) < 4.78 is 22.4. The Hall–Kier alpha value is -1.17. The van der Waals surface area contributed by atoms with Gasteiger partial charge in [0.25, 0.3) is 0 Å². The summed E-state index contributed by atoms with van der Waals surface area (Å²) in [6.45, 7) is 0.536. The molecule has 0 aliphatic heterocycles. The largest absolute Gasteiger partial charge is 0.330 e. The van der Waals surface area contributed by atoms with Gasteiger partial charge in [-0.05, 0) is 24.6 Å². The highest BCUT2D eigenvalue weighted by Crippen LogP contribution is 2.15. The SMILES string of the molecule is NCCC=Cc1ccccc1S(N)(=O)=O. The molecule has 0 saturated heterocycles. The molecule has 15 heavy (non-hydrogen) atoms. The van der Waals surface area contributed by atoms with Crippen molar-refractivity contribution in [2.45, 2.75) is 11.3 Å². The fourth-order valence-electron chi connectivity index (χ4n) is 1.18. The highest BCUT2D eigenvalue weighted by Gasteiger charge is 2.10. The summed E-state index contributed by atoms with van der Waals surface area (Å²) in [6, 6.07) is 6.58. The van der Waals surface area contributed by atoms with Gasteiger partial charge in [-0.25, -0.2) is 13.6 Å². The monoisotopic (exact) mass is 226 g/mol. The molecule has 1 aromatic rings. The molecule has 0 aromatic heterocycles. The van der Waals surface area contributed by atoms with Gasteiger partial charge in [0, 0.05) is 0 Å². The van der Waals surface area contributed by atoms with E-state index in [-0.39, 0.29) is 4.90 Å². The molecule has 0 heterocycles. The fourth-order valence-corrected chi connectivity index (χ4v) is 1.92. The Balaban J connectivity index is 3.08. The molecule has 82 valence electrons. The van der Waals surface area contributed by atoms with Gasteiger partial charge in [-0.15, -0.1) is 0 Å². The molecule has 0 aliphatic carbocycles. The van der Waals surface area contributed by atoms with Crippen molar-refractivity contribution in [1.29, 1.82) is 0 Å². The normalized spacial score (nSPS) is 12.1. The second kappa shape index (κ2) is 5.06. The zero-order valence-electron chi connectivity index (χ0n) is 8.26. The van der Waals surface area contributed by atoms with E-state index in [1.54, 1.807) is 24.3 Å². The Labute approximate surface area is 89.6 Å². The topological polar surface area (TPSA) is 86.2 Å². The molecule has 0 atom stereocenters. The third-order valence-corrected chi connectivity index (χ3v) is 2.84. The summed E-state index contributed by atoms with van der Waals surface area (Å²) >= 11 is 0. The average Bonchev–Trinajstić information content (AvgIpc) is 2.17. The van der Waals surface area contributed by atoms with Gasteiger partial charge in [0.15, 0.2) is 0 Å². The first-order chi connectivity index (χ1) is 7.05. The zero-order chi connectivity index (χ0) is 11.3. The third-order valence-electron chi connectivity index (χ3n) is 1.86. The molecule has 4 N–H and O–H groups in total. The molecule has 4 nitrogen and oxygen atoms in total. The first kappa shape index (κ1) is 11.9. The van der Waals surface area contributed by atoms with Gasteiger partial charge >= 0.3 is 0 Å². The molecule has 0 saturated carbocycles. The molecule has 0 fully saturated rings. The number of hydrogen-bond donors (Lipinski definition) is 2. The molecule has 0 unspecified atom stereocenters. The van der Waals surface area contributed by atoms with Crippen molar-refractivity contribution in [1.82, 2.24) is 0 Å². The molecule has 5 heteroatoms. The average molecular weight is 226 g/mol. The van der Waals surface area contributed by atoms with E-state index in [0.29, 0.717) is 18.5 Å². The quantitative estimate of drug-likeness (QED) is 0.792. The van der Waals surface area contributed by atoms with Crippen LogP contribution in [0.5, 0.6) is 0 Å². The van der Waals surface area contributed by atoms with Crippen LogP contribution in [-0.4, -0.2) is 15.0 Å².